The summed E-state index contributed by atoms with van der Waals surface area (Å²) in [5.41, 5.74) is -1.00. The van der Waals surface area contributed by atoms with Gasteiger partial charge in [0.25, 0.3) is 10.2 Å². The summed E-state index contributed by atoms with van der Waals surface area (Å²) in [6.45, 7) is 2.78. The molecule has 0 spiro atoms. The summed E-state index contributed by atoms with van der Waals surface area (Å²) in [4.78, 5) is 24.3. The third kappa shape index (κ3) is 7.39. The second-order valence-electron chi connectivity index (χ2n) is 9.23. The molecule has 0 aromatic heterocycles. The van der Waals surface area contributed by atoms with Crippen LogP contribution in [0.5, 0.6) is 0 Å². The van der Waals surface area contributed by atoms with Gasteiger partial charge in [0, 0.05) is 47.2 Å². The number of hydrogen-bond acceptors (Lipinski definition) is 5. The summed E-state index contributed by atoms with van der Waals surface area (Å²) in [5.74, 6) is -1.28. The molecule has 0 unspecified atom stereocenters. The molecule has 3 aliphatic heterocycles. The van der Waals surface area contributed by atoms with Crippen molar-refractivity contribution >= 4 is 22.5 Å². The van der Waals surface area contributed by atoms with Crippen LogP contribution in [0.15, 0.2) is 18.2 Å². The zero-order valence-corrected chi connectivity index (χ0v) is 20.9. The van der Waals surface area contributed by atoms with Crippen molar-refractivity contribution in [2.75, 3.05) is 39.3 Å². The molecule has 14 heteroatoms. The predicted octanol–water partition coefficient (Wildman–Crippen LogP) is 2.36. The monoisotopic (exact) mass is 549 g/mol. The van der Waals surface area contributed by atoms with E-state index in [0.717, 1.165) is 50.9 Å². The van der Waals surface area contributed by atoms with Gasteiger partial charge in [0.1, 0.15) is 5.82 Å². The van der Waals surface area contributed by atoms with Gasteiger partial charge in [-0.2, -0.15) is 35.5 Å². The normalized spacial score (nSPS) is 21.4. The van der Waals surface area contributed by atoms with Crippen LogP contribution in [0.2, 0.25) is 0 Å². The Kier molecular flexibility index (Phi) is 9.49. The maximum Gasteiger partial charge on any atom is 0.416 e. The van der Waals surface area contributed by atoms with Crippen molar-refractivity contribution in [3.05, 3.63) is 35.1 Å². The maximum atomic E-state index is 12.8. The summed E-state index contributed by atoms with van der Waals surface area (Å²) in [5, 5.41) is 10.9. The van der Waals surface area contributed by atoms with Crippen molar-refractivity contribution in [3.8, 4) is 6.07 Å². The Labute approximate surface area is 214 Å². The summed E-state index contributed by atoms with van der Waals surface area (Å²) >= 11 is 0. The lowest BCUT2D eigenvalue weighted by atomic mass is 9.98. The van der Waals surface area contributed by atoms with E-state index >= 15 is 0 Å². The lowest BCUT2D eigenvalue weighted by molar-refractivity contribution is -0.138. The average Bonchev–Trinajstić information content (AvgIpc) is 3.36. The van der Waals surface area contributed by atoms with Crippen LogP contribution in [0, 0.1) is 29.0 Å². The zero-order chi connectivity index (χ0) is 27.2. The topological polar surface area (TPSA) is 114 Å². The highest BCUT2D eigenvalue weighted by molar-refractivity contribution is 7.86. The quantitative estimate of drug-likeness (QED) is 0.432. The highest BCUT2D eigenvalue weighted by Gasteiger charge is 2.42. The van der Waals surface area contributed by atoms with Crippen molar-refractivity contribution in [1.29, 1.82) is 5.26 Å². The van der Waals surface area contributed by atoms with Crippen molar-refractivity contribution < 1.29 is 37.0 Å². The lowest BCUT2D eigenvalue weighted by Crippen LogP contribution is -2.57. The smallest absolute Gasteiger partial charge is 0.355 e. The molecule has 1 aromatic carbocycles. The molecule has 9 nitrogen and oxygen atoms in total. The van der Waals surface area contributed by atoms with Crippen LogP contribution in [0.4, 0.5) is 17.6 Å². The van der Waals surface area contributed by atoms with E-state index in [1.807, 2.05) is 4.90 Å². The van der Waals surface area contributed by atoms with Crippen molar-refractivity contribution in [2.24, 2.45) is 11.8 Å². The summed E-state index contributed by atoms with van der Waals surface area (Å²) < 4.78 is 77.3. The second-order valence-corrected chi connectivity index (χ2v) is 11.2. The number of carbonyl (C=O) groups excluding carboxylic acids is 2. The van der Waals surface area contributed by atoms with Gasteiger partial charge in [-0.3, -0.25) is 9.59 Å². The molecule has 206 valence electrons. The van der Waals surface area contributed by atoms with Crippen molar-refractivity contribution in [3.63, 3.8) is 0 Å². The number of hydrogen-bond donors (Lipinski definition) is 1. The third-order valence-corrected chi connectivity index (χ3v) is 8.44. The molecule has 3 aliphatic rings. The van der Waals surface area contributed by atoms with Crippen LogP contribution in [-0.4, -0.2) is 73.5 Å². The van der Waals surface area contributed by atoms with Gasteiger partial charge in [-0.15, -0.1) is 0 Å². The van der Waals surface area contributed by atoms with Gasteiger partial charge in [0.15, 0.2) is 0 Å². The first-order valence-corrected chi connectivity index (χ1v) is 13.3. The van der Waals surface area contributed by atoms with Gasteiger partial charge < -0.3 is 10.2 Å². The number of benzene rings is 1. The van der Waals surface area contributed by atoms with Gasteiger partial charge in [-0.1, -0.05) is 0 Å². The van der Waals surface area contributed by atoms with Crippen LogP contribution >= 0.6 is 0 Å². The molecule has 3 fully saturated rings. The van der Waals surface area contributed by atoms with E-state index in [1.54, 1.807) is 0 Å². The third-order valence-electron chi connectivity index (χ3n) is 6.51. The standard InChI is InChI=1S/C14H22N4O3S.C9H7F4NO.H2/c15-8-12-9-18(10-12)22(20,21)17-7-3-4-13(11-17)14(19)16-5-1-2-6-16;10-8-2-6(4-14-5-15)1-7(3-8)9(11,12)13;/h12-13H,1-7,9-11H2;1-3,5H,4H2,(H,14,15);1H/t13-;;/m0../s1. The molecule has 1 atom stereocenters. The Morgan fingerprint density at radius 2 is 1.78 bits per heavy atom. The molecule has 37 heavy (non-hydrogen) atoms. The maximum absolute atomic E-state index is 12.8. The fraction of sp³-hybridized carbons (Fsp3) is 0.609. The van der Waals surface area contributed by atoms with E-state index < -0.39 is 27.8 Å². The molecular weight excluding hydrogens is 518 g/mol. The van der Waals surface area contributed by atoms with Crippen LogP contribution in [0.3, 0.4) is 0 Å². The molecule has 0 bridgehead atoms. The Balaban J connectivity index is 0.000000280. The van der Waals surface area contributed by atoms with E-state index in [9.17, 15) is 35.6 Å². The number of carbonyl (C=O) groups is 2. The van der Waals surface area contributed by atoms with E-state index in [4.69, 9.17) is 5.26 Å². The second kappa shape index (κ2) is 12.2. The minimum Gasteiger partial charge on any atom is -0.355 e. The van der Waals surface area contributed by atoms with E-state index in [1.165, 1.54) is 8.61 Å². The van der Waals surface area contributed by atoms with E-state index in [2.05, 4.69) is 11.4 Å². The first-order valence-electron chi connectivity index (χ1n) is 11.9. The molecule has 0 aliphatic carbocycles. The molecule has 1 aromatic rings. The number of piperidine rings is 1. The van der Waals surface area contributed by atoms with Gasteiger partial charge in [0.05, 0.1) is 23.5 Å². The Morgan fingerprint density at radius 1 is 1.11 bits per heavy atom. The molecule has 0 radical (unpaired) electrons. The van der Waals surface area contributed by atoms with Crippen LogP contribution in [0.1, 0.15) is 38.2 Å². The number of likely N-dealkylation sites (tertiary alicyclic amines) is 1. The Bertz CT molecular complexity index is 1120. The Morgan fingerprint density at radius 3 is 2.38 bits per heavy atom. The zero-order valence-electron chi connectivity index (χ0n) is 20.1. The molecule has 2 amide bonds. The Hall–Kier alpha value is -2.76. The summed E-state index contributed by atoms with van der Waals surface area (Å²) in [7, 11) is -3.51. The van der Waals surface area contributed by atoms with Crippen LogP contribution in [0.25, 0.3) is 0 Å². The molecule has 3 saturated heterocycles. The number of halogens is 4. The minimum absolute atomic E-state index is 0. The van der Waals surface area contributed by atoms with E-state index in [-0.39, 0.29) is 50.9 Å². The number of nitrogens with one attached hydrogen (secondary N) is 1. The van der Waals surface area contributed by atoms with Crippen LogP contribution in [-0.2, 0) is 32.5 Å². The predicted molar refractivity (Wildman–Crippen MR) is 126 cm³/mol. The van der Waals surface area contributed by atoms with Gasteiger partial charge in [0.2, 0.25) is 12.3 Å². The highest BCUT2D eigenvalue weighted by atomic mass is 32.2. The van der Waals surface area contributed by atoms with Gasteiger partial charge >= 0.3 is 6.18 Å². The first-order chi connectivity index (χ1) is 17.5. The first kappa shape index (κ1) is 28.8. The highest BCUT2D eigenvalue weighted by Crippen LogP contribution is 2.30. The van der Waals surface area contributed by atoms with Gasteiger partial charge in [-0.25, -0.2) is 4.39 Å². The fourth-order valence-corrected chi connectivity index (χ4v) is 6.29. The minimum atomic E-state index is -4.59. The number of nitriles is 1. The molecular formula is C23H31F4N5O4S. The van der Waals surface area contributed by atoms with Gasteiger partial charge in [-0.05, 0) is 49.4 Å². The SMILES string of the molecule is N#CC1CN(S(=O)(=O)N2CCC[C@H](C(=O)N3CCCC3)C2)C1.O=CNCc1cc(F)cc(C(F)(F)F)c1.[HH]. The number of rotatable bonds is 6. The summed E-state index contributed by atoms with van der Waals surface area (Å²) in [6.07, 6.45) is -0.676. The fourth-order valence-electron chi connectivity index (χ4n) is 4.50. The molecule has 3 heterocycles. The number of alkyl halides is 3. The van der Waals surface area contributed by atoms with E-state index in [0.29, 0.717) is 19.0 Å². The molecule has 0 saturated carbocycles. The summed E-state index contributed by atoms with van der Waals surface area (Å²) in [6, 6.07) is 4.22. The van der Waals surface area contributed by atoms with Crippen LogP contribution < -0.4 is 5.32 Å². The lowest BCUT2D eigenvalue weighted by Gasteiger charge is -2.40. The van der Waals surface area contributed by atoms with Crippen molar-refractivity contribution in [2.45, 2.75) is 38.4 Å². The molecule has 1 N–H and O–H groups in total. The molecule has 4 rings (SSSR count). The number of nitrogens with zero attached hydrogens (tertiary/aromatic N) is 4. The van der Waals surface area contributed by atoms with Crippen molar-refractivity contribution in [1.82, 2.24) is 18.8 Å². The largest absolute Gasteiger partial charge is 0.416 e. The average molecular weight is 550 g/mol. The number of amides is 2.